The van der Waals surface area contributed by atoms with Crippen LogP contribution in [0.15, 0.2) is 12.1 Å². The van der Waals surface area contributed by atoms with Crippen molar-refractivity contribution >= 4 is 0 Å². The highest BCUT2D eigenvalue weighted by atomic mass is 19.1. The van der Waals surface area contributed by atoms with E-state index in [2.05, 4.69) is 11.8 Å². The first-order valence-electron chi connectivity index (χ1n) is 3.65. The lowest BCUT2D eigenvalue weighted by molar-refractivity contribution is 0.539. The summed E-state index contributed by atoms with van der Waals surface area (Å²) in [6.07, 6.45) is -0.129. The minimum atomic E-state index is -1.06. The molecular weight excluding hydrogens is 191 g/mol. The van der Waals surface area contributed by atoms with Gasteiger partial charge in [0, 0.05) is 12.1 Å². The van der Waals surface area contributed by atoms with Crippen LogP contribution in [0.4, 0.5) is 13.2 Å². The van der Waals surface area contributed by atoms with Gasteiger partial charge in [0.1, 0.15) is 17.5 Å². The predicted octanol–water partition coefficient (Wildman–Crippen LogP) is 2.37. The summed E-state index contributed by atoms with van der Waals surface area (Å²) in [7, 11) is 0. The van der Waals surface area contributed by atoms with Gasteiger partial charge in [-0.15, -0.1) is 0 Å². The maximum absolute atomic E-state index is 12.9. The molecule has 0 aliphatic rings. The van der Waals surface area contributed by atoms with Crippen LogP contribution in [0, 0.1) is 40.6 Å². The van der Waals surface area contributed by atoms with Crippen molar-refractivity contribution in [1.82, 2.24) is 0 Å². The zero-order valence-corrected chi connectivity index (χ0v) is 6.94. The van der Waals surface area contributed by atoms with E-state index in [9.17, 15) is 13.2 Å². The second-order valence-electron chi connectivity index (χ2n) is 2.38. The first kappa shape index (κ1) is 10.1. The van der Waals surface area contributed by atoms with Crippen LogP contribution in [0.5, 0.6) is 0 Å². The molecule has 0 amide bonds. The number of hydrogen-bond donors (Lipinski definition) is 0. The van der Waals surface area contributed by atoms with Gasteiger partial charge in [0.2, 0.25) is 0 Å². The van der Waals surface area contributed by atoms with E-state index in [0.717, 1.165) is 0 Å². The zero-order valence-electron chi connectivity index (χ0n) is 6.94. The van der Waals surface area contributed by atoms with E-state index in [0.29, 0.717) is 12.1 Å². The molecule has 70 valence electrons. The molecule has 1 nitrogen and oxygen atoms in total. The van der Waals surface area contributed by atoms with Gasteiger partial charge in [0.05, 0.1) is 18.1 Å². The van der Waals surface area contributed by atoms with Gasteiger partial charge in [0.15, 0.2) is 0 Å². The molecule has 0 saturated carbocycles. The van der Waals surface area contributed by atoms with Crippen LogP contribution in [0.25, 0.3) is 0 Å². The largest absolute Gasteiger partial charge is 0.207 e. The molecule has 0 N–H and O–H groups in total. The van der Waals surface area contributed by atoms with Gasteiger partial charge in [-0.05, 0) is 0 Å². The maximum atomic E-state index is 12.9. The highest BCUT2D eigenvalue weighted by Gasteiger charge is 2.08. The minimum absolute atomic E-state index is 0.129. The fraction of sp³-hybridized carbons (Fsp3) is 0.100. The second kappa shape index (κ2) is 4.34. The van der Waals surface area contributed by atoms with Crippen molar-refractivity contribution in [3.05, 3.63) is 35.1 Å². The molecule has 4 heteroatoms. The second-order valence-corrected chi connectivity index (χ2v) is 2.38. The zero-order chi connectivity index (χ0) is 10.6. The highest BCUT2D eigenvalue weighted by molar-refractivity contribution is 5.37. The SMILES string of the molecule is N#CCC#Cc1c(F)cc(F)cc1F. The smallest absolute Gasteiger partial charge is 0.144 e. The van der Waals surface area contributed by atoms with E-state index in [4.69, 9.17) is 5.26 Å². The summed E-state index contributed by atoms with van der Waals surface area (Å²) in [6, 6.07) is 2.78. The van der Waals surface area contributed by atoms with Gasteiger partial charge in [-0.3, -0.25) is 0 Å². The molecule has 0 fully saturated rings. The lowest BCUT2D eigenvalue weighted by Crippen LogP contribution is -1.91. The van der Waals surface area contributed by atoms with Gasteiger partial charge < -0.3 is 0 Å². The van der Waals surface area contributed by atoms with E-state index in [1.54, 1.807) is 6.07 Å². The van der Waals surface area contributed by atoms with Crippen molar-refractivity contribution in [1.29, 1.82) is 5.26 Å². The topological polar surface area (TPSA) is 23.8 Å². The minimum Gasteiger partial charge on any atom is -0.207 e. The summed E-state index contributed by atoms with van der Waals surface area (Å²) < 4.78 is 38.2. The Morgan fingerprint density at radius 1 is 1.14 bits per heavy atom. The van der Waals surface area contributed by atoms with Crippen molar-refractivity contribution in [2.24, 2.45) is 0 Å². The molecule has 0 aliphatic heterocycles. The Hall–Kier alpha value is -1.94. The van der Waals surface area contributed by atoms with Crippen molar-refractivity contribution in [2.75, 3.05) is 0 Å². The van der Waals surface area contributed by atoms with Crippen molar-refractivity contribution in [3.8, 4) is 17.9 Å². The van der Waals surface area contributed by atoms with Crippen molar-refractivity contribution < 1.29 is 13.2 Å². The Morgan fingerprint density at radius 3 is 2.21 bits per heavy atom. The van der Waals surface area contributed by atoms with Gasteiger partial charge in [0.25, 0.3) is 0 Å². The molecular formula is C10H4F3N. The molecule has 1 rings (SSSR count). The Labute approximate surface area is 78.8 Å². The Balaban J connectivity index is 3.12. The first-order chi connectivity index (χ1) is 6.65. The van der Waals surface area contributed by atoms with Crippen molar-refractivity contribution in [2.45, 2.75) is 6.42 Å². The molecule has 1 aromatic rings. The summed E-state index contributed by atoms with van der Waals surface area (Å²) in [5, 5.41) is 8.13. The average Bonchev–Trinajstić information content (AvgIpc) is 2.09. The number of nitriles is 1. The number of halogens is 3. The quantitative estimate of drug-likeness (QED) is 0.583. The van der Waals surface area contributed by atoms with E-state index in [1.807, 2.05) is 0 Å². The monoisotopic (exact) mass is 195 g/mol. The van der Waals surface area contributed by atoms with Crippen LogP contribution >= 0.6 is 0 Å². The lowest BCUT2D eigenvalue weighted by atomic mass is 10.2. The molecule has 0 heterocycles. The fourth-order valence-corrected chi connectivity index (χ4v) is 0.834. The van der Waals surface area contributed by atoms with E-state index in [1.165, 1.54) is 0 Å². The summed E-state index contributed by atoms with van der Waals surface area (Å²) in [6.45, 7) is 0. The van der Waals surface area contributed by atoms with E-state index >= 15 is 0 Å². The van der Waals surface area contributed by atoms with Crippen LogP contribution < -0.4 is 0 Å². The lowest BCUT2D eigenvalue weighted by Gasteiger charge is -1.96. The molecule has 0 aromatic heterocycles. The van der Waals surface area contributed by atoms with Gasteiger partial charge in [-0.2, -0.15) is 5.26 Å². The average molecular weight is 195 g/mol. The molecule has 0 bridgehead atoms. The molecule has 14 heavy (non-hydrogen) atoms. The summed E-state index contributed by atoms with van der Waals surface area (Å²) in [5.74, 6) is 1.24. The van der Waals surface area contributed by atoms with Crippen LogP contribution in [-0.2, 0) is 0 Å². The Bertz CT molecular complexity index is 426. The van der Waals surface area contributed by atoms with Gasteiger partial charge in [-0.25, -0.2) is 13.2 Å². The van der Waals surface area contributed by atoms with Crippen LogP contribution in [0.3, 0.4) is 0 Å². The normalized spacial score (nSPS) is 8.71. The molecule has 0 unspecified atom stereocenters. The molecule has 0 saturated heterocycles. The molecule has 0 atom stereocenters. The fourth-order valence-electron chi connectivity index (χ4n) is 0.834. The number of nitrogens with zero attached hydrogens (tertiary/aromatic N) is 1. The van der Waals surface area contributed by atoms with Gasteiger partial charge >= 0.3 is 0 Å². The van der Waals surface area contributed by atoms with Crippen LogP contribution in [0.2, 0.25) is 0 Å². The molecule has 0 spiro atoms. The van der Waals surface area contributed by atoms with E-state index in [-0.39, 0.29) is 6.42 Å². The molecule has 0 radical (unpaired) electrons. The van der Waals surface area contributed by atoms with Crippen LogP contribution in [-0.4, -0.2) is 0 Å². The standard InChI is InChI=1S/C10H4F3N/c11-7-5-9(12)8(10(13)6-7)3-1-2-4-14/h5-6H,2H2. The van der Waals surface area contributed by atoms with E-state index < -0.39 is 23.0 Å². The number of benzene rings is 1. The van der Waals surface area contributed by atoms with Gasteiger partial charge in [-0.1, -0.05) is 11.8 Å². The third-order valence-electron chi connectivity index (χ3n) is 1.39. The Morgan fingerprint density at radius 2 is 1.71 bits per heavy atom. The predicted molar refractivity (Wildman–Crippen MR) is 43.4 cm³/mol. The van der Waals surface area contributed by atoms with Crippen LogP contribution in [0.1, 0.15) is 12.0 Å². The summed E-state index contributed by atoms with van der Waals surface area (Å²) in [5.41, 5.74) is -0.512. The highest BCUT2D eigenvalue weighted by Crippen LogP contribution is 2.13. The number of hydrogen-bond acceptors (Lipinski definition) is 1. The maximum Gasteiger partial charge on any atom is 0.144 e. The Kier molecular flexibility index (Phi) is 3.14. The third kappa shape index (κ3) is 2.27. The molecule has 0 aliphatic carbocycles. The first-order valence-corrected chi connectivity index (χ1v) is 3.65. The number of rotatable bonds is 0. The summed E-state index contributed by atoms with van der Waals surface area (Å²) >= 11 is 0. The summed E-state index contributed by atoms with van der Waals surface area (Å²) in [4.78, 5) is 0. The van der Waals surface area contributed by atoms with Crippen molar-refractivity contribution in [3.63, 3.8) is 0 Å². The molecule has 1 aromatic carbocycles. The third-order valence-corrected chi connectivity index (χ3v) is 1.39.